The van der Waals surface area contributed by atoms with Gasteiger partial charge in [-0.3, -0.25) is 31.8 Å². The first kappa shape index (κ1) is 50.4. The van der Waals surface area contributed by atoms with Crippen molar-refractivity contribution >= 4 is 96.3 Å². The van der Waals surface area contributed by atoms with E-state index >= 15 is 0 Å². The van der Waals surface area contributed by atoms with Crippen LogP contribution in [0.15, 0.2) is 38.0 Å². The van der Waals surface area contributed by atoms with Crippen molar-refractivity contribution in [3.05, 3.63) is 38.0 Å². The smallest absolute Gasteiger partial charge is 0.387 e. The molecule has 0 aromatic carbocycles. The zero-order valence-electron chi connectivity index (χ0n) is 36.5. The van der Waals surface area contributed by atoms with Gasteiger partial charge in [0.2, 0.25) is 0 Å². The molecule has 0 radical (unpaired) electrons. The van der Waals surface area contributed by atoms with Crippen LogP contribution < -0.4 is 17.2 Å². The van der Waals surface area contributed by atoms with Gasteiger partial charge >= 0.3 is 21.3 Å². The molecule has 0 spiro atoms. The van der Waals surface area contributed by atoms with Crippen LogP contribution in [0.4, 0.5) is 17.5 Å². The maximum absolute atomic E-state index is 14.1. The zero-order valence-corrected chi connectivity index (χ0v) is 40.9. The topological polar surface area (TPSA) is 436 Å². The van der Waals surface area contributed by atoms with Crippen LogP contribution in [0.1, 0.15) is 31.5 Å². The van der Waals surface area contributed by atoms with Crippen LogP contribution in [0.25, 0.3) is 33.5 Å². The number of thiol groups is 1. The SMILES string of the molecule is COC1[C@@H](COP(=O)(O)S)O[C@@H](n2cnc3c(N)ncnc32)[C@H]1OP(O)(=S)OC[C@H]1O[C@@H](n2cnc3c(N)ncnc32)[C@@H](OP(=O)(O)OC[C@]23CCCOC2[C@H](O)[C@H](n2cnc4c(N)ncnc42)O3)C1O. The Bertz CT molecular complexity index is 3100. The minimum absolute atomic E-state index is 0.0212. The summed E-state index contributed by atoms with van der Waals surface area (Å²) in [5.41, 5.74) is 17.6. The van der Waals surface area contributed by atoms with E-state index in [9.17, 15) is 34.0 Å². The number of ether oxygens (including phenoxy) is 5. The Balaban J connectivity index is 0.884. The summed E-state index contributed by atoms with van der Waals surface area (Å²) in [4.78, 5) is 70.1. The van der Waals surface area contributed by atoms with E-state index in [1.807, 2.05) is 0 Å². The van der Waals surface area contributed by atoms with E-state index in [1.165, 1.54) is 52.4 Å². The first-order valence-corrected chi connectivity index (χ1v) is 27.9. The second kappa shape index (κ2) is 19.3. The van der Waals surface area contributed by atoms with Crippen LogP contribution in [0, 0.1) is 0 Å². The van der Waals surface area contributed by atoms with Crippen molar-refractivity contribution in [2.24, 2.45) is 0 Å². The van der Waals surface area contributed by atoms with E-state index in [4.69, 9.17) is 75.3 Å². The maximum atomic E-state index is 14.1. The Hall–Kier alpha value is -4.09. The molecular weight excluding hydrogens is 1050 g/mol. The number of aliphatic hydroxyl groups excluding tert-OH is 2. The summed E-state index contributed by atoms with van der Waals surface area (Å²) in [6.45, 7) is -10.5. The van der Waals surface area contributed by atoms with E-state index in [-0.39, 0.29) is 64.0 Å². The molecule has 15 atom stereocenters. The molecular formula is C34H44N15O17P3S2. The van der Waals surface area contributed by atoms with Crippen LogP contribution in [0.3, 0.4) is 0 Å². The van der Waals surface area contributed by atoms with Crippen LogP contribution in [0.5, 0.6) is 0 Å². The molecule has 0 amide bonds. The minimum atomic E-state index is -5.27. The summed E-state index contributed by atoms with van der Waals surface area (Å²) < 4.78 is 88.7. The number of hydrogen-bond donors (Lipinski definition) is 9. The third-order valence-electron chi connectivity index (χ3n) is 12.2. The van der Waals surface area contributed by atoms with Gasteiger partial charge in [0.25, 0.3) is 0 Å². The number of phosphoric ester groups is 1. The predicted molar refractivity (Wildman–Crippen MR) is 244 cm³/mol. The lowest BCUT2D eigenvalue weighted by Gasteiger charge is -2.38. The standard InChI is InChI=1S/C34H44N15O17P3S2/c1-57-21-15(6-59-68(54,55)70)63-33(49-13-46-18-27(37)40-10-43-30(18)49)23(21)66-69(56,71)60-5-14-19(50)22(32(62-14)48-12-45-17-26(36)39-9-42-29(17)48)65-67(52,53)61-7-34-3-2-4-58-24(34)20(51)31(64-34)47-11-44-16-25(35)38-8-41-28(16)47/h8-15,19-24,31-33,50-51H,2-7H2,1H3,(H,52,53)(H,56,71)(H2,35,38,41)(H2,36,39,42)(H2,37,40,43)(H2,54,55,70)/t14-,15-,19?,20+,21?,22+,23+,24?,31-,32-,33-,34-,69?/m1/s1. The normalized spacial score (nSPS) is 32.6. The van der Waals surface area contributed by atoms with E-state index in [0.29, 0.717) is 6.42 Å². The first-order valence-electron chi connectivity index (χ1n) is 21.1. The fourth-order valence-electron chi connectivity index (χ4n) is 9.00. The number of nitrogens with zero attached hydrogens (tertiary/aromatic N) is 12. The summed E-state index contributed by atoms with van der Waals surface area (Å²) in [7, 11) is -4.00. The number of fused-ring (bicyclic) bond motifs is 4. The minimum Gasteiger partial charge on any atom is -0.387 e. The third-order valence-corrected chi connectivity index (χ3v) is 15.5. The number of phosphoric acid groups is 1. The molecule has 10 heterocycles. The summed E-state index contributed by atoms with van der Waals surface area (Å²) in [5.74, 6) is 0.105. The Morgan fingerprint density at radius 1 is 0.718 bits per heavy atom. The summed E-state index contributed by atoms with van der Waals surface area (Å²) >= 11 is 9.03. The van der Waals surface area contributed by atoms with Gasteiger partial charge in [0.1, 0.15) is 90.0 Å². The maximum Gasteiger partial charge on any atom is 0.472 e. The molecule has 4 fully saturated rings. The molecule has 0 aliphatic carbocycles. The largest absolute Gasteiger partial charge is 0.472 e. The van der Waals surface area contributed by atoms with Crippen LogP contribution in [-0.2, 0) is 67.2 Å². The van der Waals surface area contributed by atoms with Crippen LogP contribution in [-0.4, -0.2) is 171 Å². The highest BCUT2D eigenvalue weighted by molar-refractivity contribution is 8.44. The Kier molecular flexibility index (Phi) is 13.7. The number of anilines is 3. The fraction of sp³-hybridized carbons (Fsp3) is 0.559. The van der Waals surface area contributed by atoms with Crippen molar-refractivity contribution in [3.63, 3.8) is 0 Å². The van der Waals surface area contributed by atoms with Gasteiger partial charge < -0.3 is 70.3 Å². The molecule has 384 valence electrons. The quantitative estimate of drug-likeness (QED) is 0.0407. The number of nitrogens with two attached hydrogens (primary N) is 3. The monoisotopic (exact) mass is 1090 g/mol. The highest BCUT2D eigenvalue weighted by Crippen LogP contribution is 2.55. The highest BCUT2D eigenvalue weighted by Gasteiger charge is 2.59. The molecule has 4 aliphatic rings. The van der Waals surface area contributed by atoms with Gasteiger partial charge in [-0.2, -0.15) is 0 Å². The van der Waals surface area contributed by atoms with Crippen LogP contribution >= 0.6 is 33.6 Å². The molecule has 37 heteroatoms. The van der Waals surface area contributed by atoms with Crippen molar-refractivity contribution in [2.75, 3.05) is 50.7 Å². The average Bonchev–Trinajstić information content (AvgIpc) is 4.19. The lowest BCUT2D eigenvalue weighted by Crippen LogP contribution is -2.51. The molecule has 11 N–H and O–H groups in total. The molecule has 6 unspecified atom stereocenters. The lowest BCUT2D eigenvalue weighted by atomic mass is 9.89. The average molecular weight is 1090 g/mol. The van der Waals surface area contributed by atoms with Gasteiger partial charge in [0, 0.05) is 13.7 Å². The number of methoxy groups -OCH3 is 1. The number of aliphatic hydroxyl groups is 2. The van der Waals surface area contributed by atoms with E-state index in [0.717, 1.165) is 6.33 Å². The molecule has 10 rings (SSSR count). The molecule has 4 saturated heterocycles. The van der Waals surface area contributed by atoms with Crippen molar-refractivity contribution < 1.29 is 80.3 Å². The summed E-state index contributed by atoms with van der Waals surface area (Å²) in [5, 5.41) is 23.4. The Morgan fingerprint density at radius 2 is 1.24 bits per heavy atom. The van der Waals surface area contributed by atoms with Gasteiger partial charge in [-0.25, -0.2) is 54.0 Å². The Labute approximate surface area is 408 Å². The van der Waals surface area contributed by atoms with E-state index < -0.39 is 114 Å². The van der Waals surface area contributed by atoms with E-state index in [1.54, 1.807) is 0 Å². The van der Waals surface area contributed by atoms with Gasteiger partial charge in [-0.1, -0.05) is 12.2 Å². The Morgan fingerprint density at radius 3 is 1.79 bits per heavy atom. The number of hydrogen-bond acceptors (Lipinski definition) is 27. The van der Waals surface area contributed by atoms with Gasteiger partial charge in [0.15, 0.2) is 53.1 Å². The number of aromatic nitrogens is 12. The molecule has 71 heavy (non-hydrogen) atoms. The van der Waals surface area contributed by atoms with Crippen molar-refractivity contribution in [1.29, 1.82) is 0 Å². The van der Waals surface area contributed by atoms with Crippen molar-refractivity contribution in [3.8, 4) is 0 Å². The van der Waals surface area contributed by atoms with Crippen LogP contribution in [0.2, 0.25) is 0 Å². The van der Waals surface area contributed by atoms with Crippen molar-refractivity contribution in [2.45, 2.75) is 86.0 Å². The number of rotatable bonds is 17. The molecule has 6 aromatic rings. The number of imidazole rings is 3. The third kappa shape index (κ3) is 9.66. The lowest BCUT2D eigenvalue weighted by molar-refractivity contribution is -0.165. The molecule has 6 aromatic heterocycles. The second-order valence-corrected chi connectivity index (χ2v) is 23.4. The van der Waals surface area contributed by atoms with Crippen molar-refractivity contribution in [1.82, 2.24) is 58.6 Å². The molecule has 32 nitrogen and oxygen atoms in total. The van der Waals surface area contributed by atoms with Gasteiger partial charge in [-0.05, 0) is 24.6 Å². The molecule has 0 bridgehead atoms. The highest BCUT2D eigenvalue weighted by atomic mass is 32.7. The predicted octanol–water partition coefficient (Wildman–Crippen LogP) is -0.601. The number of nitrogen functional groups attached to an aromatic ring is 3. The first-order chi connectivity index (χ1) is 33.8. The molecule has 4 aliphatic heterocycles. The van der Waals surface area contributed by atoms with Gasteiger partial charge in [0.05, 0.1) is 38.8 Å². The zero-order chi connectivity index (χ0) is 50.2. The molecule has 0 saturated carbocycles. The summed E-state index contributed by atoms with van der Waals surface area (Å²) in [6, 6.07) is 0. The summed E-state index contributed by atoms with van der Waals surface area (Å²) in [6.07, 6.45) is -7.19. The second-order valence-electron chi connectivity index (χ2n) is 16.5. The fourth-order valence-corrected chi connectivity index (χ4v) is 11.9. The van der Waals surface area contributed by atoms with E-state index in [2.05, 4.69) is 57.1 Å². The van der Waals surface area contributed by atoms with Gasteiger partial charge in [-0.15, -0.1) is 0 Å².